The van der Waals surface area contributed by atoms with Gasteiger partial charge in [0.2, 0.25) is 5.91 Å². The Bertz CT molecular complexity index is 518. The first-order chi connectivity index (χ1) is 10.2. The Labute approximate surface area is 134 Å². The van der Waals surface area contributed by atoms with Crippen LogP contribution < -0.4 is 5.32 Å². The van der Waals surface area contributed by atoms with Crippen molar-refractivity contribution in [2.45, 2.75) is 26.3 Å². The molecule has 2 rings (SSSR count). The van der Waals surface area contributed by atoms with Crippen molar-refractivity contribution >= 4 is 28.6 Å². The number of hydrogen-bond donors (Lipinski definition) is 1. The van der Waals surface area contributed by atoms with E-state index in [1.54, 1.807) is 22.7 Å². The average Bonchev–Trinajstić information content (AvgIpc) is 3.17. The fourth-order valence-electron chi connectivity index (χ4n) is 2.29. The third-order valence-electron chi connectivity index (χ3n) is 3.49. The third-order valence-corrected chi connectivity index (χ3v) is 5.37. The summed E-state index contributed by atoms with van der Waals surface area (Å²) < 4.78 is 0. The molecule has 2 aromatic heterocycles. The molecule has 0 bridgehead atoms. The van der Waals surface area contributed by atoms with Crippen LogP contribution in [-0.2, 0) is 11.2 Å². The molecule has 0 spiro atoms. The Morgan fingerprint density at radius 3 is 2.48 bits per heavy atom. The molecule has 0 aliphatic heterocycles. The van der Waals surface area contributed by atoms with Crippen LogP contribution in [0.3, 0.4) is 0 Å². The van der Waals surface area contributed by atoms with Gasteiger partial charge in [0.1, 0.15) is 0 Å². The molecule has 2 aromatic rings. The first-order valence-corrected chi connectivity index (χ1v) is 9.07. The molecule has 1 N–H and O–H groups in total. The summed E-state index contributed by atoms with van der Waals surface area (Å²) in [5.41, 5.74) is 0. The second kappa shape index (κ2) is 8.32. The monoisotopic (exact) mass is 322 g/mol. The highest BCUT2D eigenvalue weighted by atomic mass is 32.1. The minimum Gasteiger partial charge on any atom is -0.342 e. The number of nitrogens with zero attached hydrogens (tertiary/aromatic N) is 1. The molecule has 0 aromatic carbocycles. The van der Waals surface area contributed by atoms with Crippen molar-refractivity contribution in [1.29, 1.82) is 0 Å². The highest BCUT2D eigenvalue weighted by molar-refractivity contribution is 7.10. The van der Waals surface area contributed by atoms with E-state index in [-0.39, 0.29) is 11.9 Å². The van der Waals surface area contributed by atoms with Gasteiger partial charge in [0.05, 0.1) is 6.54 Å². The van der Waals surface area contributed by atoms with E-state index < -0.39 is 0 Å². The maximum Gasteiger partial charge on any atom is 0.236 e. The lowest BCUT2D eigenvalue weighted by atomic mass is 10.1. The molecule has 0 aliphatic rings. The van der Waals surface area contributed by atoms with Gasteiger partial charge in [-0.15, -0.1) is 22.7 Å². The van der Waals surface area contributed by atoms with Crippen molar-refractivity contribution in [3.8, 4) is 0 Å². The summed E-state index contributed by atoms with van der Waals surface area (Å²) in [6.45, 7) is 5.97. The van der Waals surface area contributed by atoms with Crippen LogP contribution >= 0.6 is 22.7 Å². The van der Waals surface area contributed by atoms with Crippen molar-refractivity contribution in [3.63, 3.8) is 0 Å². The zero-order valence-electron chi connectivity index (χ0n) is 12.5. The zero-order chi connectivity index (χ0) is 15.1. The van der Waals surface area contributed by atoms with E-state index in [4.69, 9.17) is 0 Å². The van der Waals surface area contributed by atoms with Crippen molar-refractivity contribution in [2.75, 3.05) is 19.6 Å². The lowest BCUT2D eigenvalue weighted by Crippen LogP contribution is -2.39. The molecule has 2 heterocycles. The maximum absolute atomic E-state index is 12.2. The second-order valence-electron chi connectivity index (χ2n) is 4.80. The fraction of sp³-hybridized carbons (Fsp3) is 0.438. The summed E-state index contributed by atoms with van der Waals surface area (Å²) in [7, 11) is 0. The Kier molecular flexibility index (Phi) is 6.42. The Morgan fingerprint density at radius 2 is 1.90 bits per heavy atom. The number of carbonyl (C=O) groups excluding carboxylic acids is 1. The number of nitrogens with one attached hydrogen (secondary N) is 1. The van der Waals surface area contributed by atoms with Gasteiger partial charge < -0.3 is 10.2 Å². The van der Waals surface area contributed by atoms with E-state index >= 15 is 0 Å². The molecular formula is C16H22N2OS2. The minimum absolute atomic E-state index is 0.174. The fourth-order valence-corrected chi connectivity index (χ4v) is 3.85. The standard InChI is InChI=1S/C16H22N2OS2/c1-3-18(4-2)16(19)12-17-14(15-8-6-10-21-15)11-13-7-5-9-20-13/h5-10,14,17H,3-4,11-12H2,1-2H3. The van der Waals surface area contributed by atoms with Gasteiger partial charge in [-0.05, 0) is 36.7 Å². The molecule has 0 saturated heterocycles. The van der Waals surface area contributed by atoms with E-state index in [9.17, 15) is 4.79 Å². The number of carbonyl (C=O) groups is 1. The van der Waals surface area contributed by atoms with Crippen LogP contribution in [0.4, 0.5) is 0 Å². The first kappa shape index (κ1) is 16.2. The Hall–Kier alpha value is -1.17. The summed E-state index contributed by atoms with van der Waals surface area (Å²) in [4.78, 5) is 16.6. The second-order valence-corrected chi connectivity index (χ2v) is 6.81. The Balaban J connectivity index is 1.98. The van der Waals surface area contributed by atoms with Crippen LogP contribution in [0.5, 0.6) is 0 Å². The SMILES string of the molecule is CCN(CC)C(=O)CNC(Cc1cccs1)c1cccs1. The molecule has 1 unspecified atom stereocenters. The summed E-state index contributed by atoms with van der Waals surface area (Å²) in [6.07, 6.45) is 0.934. The number of rotatable bonds is 8. The summed E-state index contributed by atoms with van der Waals surface area (Å²) >= 11 is 3.51. The van der Waals surface area contributed by atoms with E-state index in [0.29, 0.717) is 6.54 Å². The van der Waals surface area contributed by atoms with E-state index in [1.165, 1.54) is 9.75 Å². The lowest BCUT2D eigenvalue weighted by molar-refractivity contribution is -0.130. The van der Waals surface area contributed by atoms with Crippen molar-refractivity contribution in [3.05, 3.63) is 44.8 Å². The van der Waals surface area contributed by atoms with Gasteiger partial charge in [0.25, 0.3) is 0 Å². The molecule has 114 valence electrons. The minimum atomic E-state index is 0.174. The highest BCUT2D eigenvalue weighted by Gasteiger charge is 2.17. The van der Waals surface area contributed by atoms with Crippen LogP contribution in [0.25, 0.3) is 0 Å². The van der Waals surface area contributed by atoms with Crippen molar-refractivity contribution in [2.24, 2.45) is 0 Å². The molecule has 0 radical (unpaired) electrons. The topological polar surface area (TPSA) is 32.3 Å². The number of hydrogen-bond acceptors (Lipinski definition) is 4. The number of likely N-dealkylation sites (N-methyl/N-ethyl adjacent to an activating group) is 1. The summed E-state index contributed by atoms with van der Waals surface area (Å²) in [5, 5.41) is 7.62. The zero-order valence-corrected chi connectivity index (χ0v) is 14.2. The molecule has 1 amide bonds. The highest BCUT2D eigenvalue weighted by Crippen LogP contribution is 2.24. The van der Waals surface area contributed by atoms with Crippen molar-refractivity contribution in [1.82, 2.24) is 10.2 Å². The first-order valence-electron chi connectivity index (χ1n) is 7.31. The predicted molar refractivity (Wildman–Crippen MR) is 91.0 cm³/mol. The van der Waals surface area contributed by atoms with Crippen LogP contribution in [-0.4, -0.2) is 30.4 Å². The van der Waals surface area contributed by atoms with Crippen LogP contribution in [0, 0.1) is 0 Å². The molecular weight excluding hydrogens is 300 g/mol. The molecule has 0 fully saturated rings. The van der Waals surface area contributed by atoms with Gasteiger partial charge in [-0.3, -0.25) is 4.79 Å². The smallest absolute Gasteiger partial charge is 0.236 e. The van der Waals surface area contributed by atoms with Gasteiger partial charge in [-0.1, -0.05) is 12.1 Å². The van der Waals surface area contributed by atoms with E-state index in [2.05, 4.69) is 40.3 Å². The Morgan fingerprint density at radius 1 is 1.19 bits per heavy atom. The van der Waals surface area contributed by atoms with E-state index in [0.717, 1.165) is 19.5 Å². The predicted octanol–water partition coefficient (Wildman–Crippen LogP) is 3.55. The van der Waals surface area contributed by atoms with Gasteiger partial charge in [0.15, 0.2) is 0 Å². The molecule has 1 atom stereocenters. The molecule has 5 heteroatoms. The number of amides is 1. The molecule has 0 aliphatic carbocycles. The largest absolute Gasteiger partial charge is 0.342 e. The summed E-state index contributed by atoms with van der Waals surface area (Å²) in [5.74, 6) is 0.174. The normalized spacial score (nSPS) is 12.3. The van der Waals surface area contributed by atoms with Crippen molar-refractivity contribution < 1.29 is 4.79 Å². The van der Waals surface area contributed by atoms with Crippen LogP contribution in [0.1, 0.15) is 29.6 Å². The van der Waals surface area contributed by atoms with Gasteiger partial charge in [-0.25, -0.2) is 0 Å². The van der Waals surface area contributed by atoms with Gasteiger partial charge >= 0.3 is 0 Å². The quantitative estimate of drug-likeness (QED) is 0.806. The molecule has 0 saturated carbocycles. The third kappa shape index (κ3) is 4.66. The average molecular weight is 322 g/mol. The summed E-state index contributed by atoms with van der Waals surface area (Å²) in [6, 6.07) is 8.64. The molecule has 3 nitrogen and oxygen atoms in total. The van der Waals surface area contributed by atoms with Gasteiger partial charge in [-0.2, -0.15) is 0 Å². The lowest BCUT2D eigenvalue weighted by Gasteiger charge is -2.22. The maximum atomic E-state index is 12.2. The molecule has 21 heavy (non-hydrogen) atoms. The van der Waals surface area contributed by atoms with Gasteiger partial charge in [0, 0.05) is 35.3 Å². The van der Waals surface area contributed by atoms with E-state index in [1.807, 2.05) is 18.7 Å². The number of thiophene rings is 2. The van der Waals surface area contributed by atoms with Crippen LogP contribution in [0.15, 0.2) is 35.0 Å². The van der Waals surface area contributed by atoms with Crippen LogP contribution in [0.2, 0.25) is 0 Å².